The monoisotopic (exact) mass is 284 g/mol. The van der Waals surface area contributed by atoms with E-state index in [2.05, 4.69) is 30.3 Å². The number of carbonyl (C=O) groups excluding carboxylic acids is 1. The van der Waals surface area contributed by atoms with Gasteiger partial charge in [-0.25, -0.2) is 0 Å². The fraction of sp³-hybridized carbons (Fsp3) is 0.188. The topological polar surface area (TPSA) is 32.3 Å². The number of anilines is 1. The summed E-state index contributed by atoms with van der Waals surface area (Å²) in [7, 11) is 0. The molecule has 0 aliphatic carbocycles. The van der Waals surface area contributed by atoms with Crippen LogP contribution in [0, 0.1) is 6.92 Å². The number of para-hydroxylation sites is 1. The Labute approximate surface area is 122 Å². The molecule has 0 radical (unpaired) electrons. The lowest BCUT2D eigenvalue weighted by atomic mass is 10.1. The molecule has 2 aromatic rings. The number of nitrogens with one attached hydrogen (secondary N) is 1. The van der Waals surface area contributed by atoms with Gasteiger partial charge in [0.15, 0.2) is 0 Å². The summed E-state index contributed by atoms with van der Waals surface area (Å²) >= 11 is 1.67. The zero-order valence-electron chi connectivity index (χ0n) is 11.3. The van der Waals surface area contributed by atoms with Crippen LogP contribution in [0.25, 0.3) is 0 Å². The van der Waals surface area contributed by atoms with Crippen molar-refractivity contribution in [3.8, 4) is 0 Å². The number of hydrogen-bond acceptors (Lipinski definition) is 3. The molecule has 1 aromatic heterocycles. The van der Waals surface area contributed by atoms with E-state index in [0.717, 1.165) is 11.3 Å². The molecule has 1 N–H and O–H groups in total. The van der Waals surface area contributed by atoms with Crippen molar-refractivity contribution < 1.29 is 4.79 Å². The lowest BCUT2D eigenvalue weighted by Gasteiger charge is -2.37. The second-order valence-corrected chi connectivity index (χ2v) is 5.75. The van der Waals surface area contributed by atoms with Crippen LogP contribution in [0.15, 0.2) is 48.4 Å². The van der Waals surface area contributed by atoms with Crippen LogP contribution in [-0.4, -0.2) is 17.4 Å². The molecule has 0 unspecified atom stereocenters. The fourth-order valence-electron chi connectivity index (χ4n) is 2.49. The van der Waals surface area contributed by atoms with Gasteiger partial charge in [-0.1, -0.05) is 18.2 Å². The second kappa shape index (κ2) is 5.13. The Hall–Kier alpha value is -2.07. The predicted molar refractivity (Wildman–Crippen MR) is 83.1 cm³/mol. The summed E-state index contributed by atoms with van der Waals surface area (Å²) in [5.41, 5.74) is 2.82. The molecule has 2 heterocycles. The van der Waals surface area contributed by atoms with Crippen LogP contribution in [0.5, 0.6) is 0 Å². The summed E-state index contributed by atoms with van der Waals surface area (Å²) in [4.78, 5) is 15.7. The molecule has 0 bridgehead atoms. The number of hydrogen-bond donors (Lipinski definition) is 1. The summed E-state index contributed by atoms with van der Waals surface area (Å²) in [5.74, 6) is 0.0528. The normalized spacial score (nSPS) is 17.6. The number of thiophene rings is 1. The van der Waals surface area contributed by atoms with Gasteiger partial charge in [-0.2, -0.15) is 0 Å². The molecule has 4 heteroatoms. The van der Waals surface area contributed by atoms with E-state index in [1.165, 1.54) is 10.4 Å². The van der Waals surface area contributed by atoms with E-state index in [-0.39, 0.29) is 12.1 Å². The molecule has 20 heavy (non-hydrogen) atoms. The molecule has 0 fully saturated rings. The Morgan fingerprint density at radius 1 is 1.40 bits per heavy atom. The van der Waals surface area contributed by atoms with E-state index >= 15 is 0 Å². The number of amides is 1. The summed E-state index contributed by atoms with van der Waals surface area (Å²) < 4.78 is 0. The highest BCUT2D eigenvalue weighted by atomic mass is 32.1. The van der Waals surface area contributed by atoms with Gasteiger partial charge in [0, 0.05) is 12.2 Å². The minimum absolute atomic E-state index is 0.0528. The van der Waals surface area contributed by atoms with Crippen molar-refractivity contribution in [1.82, 2.24) is 4.90 Å². The van der Waals surface area contributed by atoms with Crippen LogP contribution in [0.1, 0.15) is 27.0 Å². The molecule has 3 nitrogen and oxygen atoms in total. The van der Waals surface area contributed by atoms with Crippen molar-refractivity contribution in [2.24, 2.45) is 0 Å². The molecule has 0 saturated carbocycles. The van der Waals surface area contributed by atoms with E-state index in [0.29, 0.717) is 6.54 Å². The quantitative estimate of drug-likeness (QED) is 0.869. The summed E-state index contributed by atoms with van der Waals surface area (Å²) in [6, 6.07) is 9.73. The molecule has 1 aliphatic rings. The van der Waals surface area contributed by atoms with Gasteiger partial charge in [0.2, 0.25) is 0 Å². The minimum atomic E-state index is -0.115. The number of aryl methyl sites for hydroxylation is 1. The van der Waals surface area contributed by atoms with Crippen molar-refractivity contribution in [3.05, 3.63) is 64.4 Å². The number of carbonyl (C=O) groups is 1. The highest BCUT2D eigenvalue weighted by molar-refractivity contribution is 7.10. The van der Waals surface area contributed by atoms with Crippen molar-refractivity contribution in [1.29, 1.82) is 0 Å². The van der Waals surface area contributed by atoms with Crippen LogP contribution in [0.3, 0.4) is 0 Å². The summed E-state index contributed by atoms with van der Waals surface area (Å²) in [5, 5.41) is 5.53. The van der Waals surface area contributed by atoms with Gasteiger partial charge >= 0.3 is 0 Å². The van der Waals surface area contributed by atoms with Crippen molar-refractivity contribution in [2.45, 2.75) is 13.1 Å². The number of benzene rings is 1. The lowest BCUT2D eigenvalue weighted by Crippen LogP contribution is -2.42. The zero-order chi connectivity index (χ0) is 14.1. The summed E-state index contributed by atoms with van der Waals surface area (Å²) in [6.45, 7) is 6.37. The van der Waals surface area contributed by atoms with E-state index < -0.39 is 0 Å². The maximum absolute atomic E-state index is 12.7. The molecule has 1 amide bonds. The average Bonchev–Trinajstić information content (AvgIpc) is 2.88. The minimum Gasteiger partial charge on any atom is -0.360 e. The third-order valence-electron chi connectivity index (χ3n) is 3.50. The molecule has 1 aromatic carbocycles. The maximum Gasteiger partial charge on any atom is 0.258 e. The van der Waals surface area contributed by atoms with Crippen molar-refractivity contribution in [3.63, 3.8) is 0 Å². The first-order valence-corrected chi connectivity index (χ1v) is 7.41. The predicted octanol–water partition coefficient (Wildman–Crippen LogP) is 3.81. The third kappa shape index (κ3) is 2.02. The number of rotatable bonds is 3. The molecular formula is C16H16N2OS. The standard InChI is InChI=1S/C16H16N2OS/c1-3-9-18-15(14-11(2)8-10-20-14)17-13-7-5-4-6-12(13)16(18)19/h3-8,10,15,17H,1,9H2,2H3/t15-/m1/s1. The fourth-order valence-corrected chi connectivity index (χ4v) is 3.48. The number of nitrogens with zero attached hydrogens (tertiary/aromatic N) is 1. The van der Waals surface area contributed by atoms with Gasteiger partial charge in [0.1, 0.15) is 6.17 Å². The second-order valence-electron chi connectivity index (χ2n) is 4.81. The largest absolute Gasteiger partial charge is 0.360 e. The van der Waals surface area contributed by atoms with Crippen molar-refractivity contribution in [2.75, 3.05) is 11.9 Å². The van der Waals surface area contributed by atoms with Gasteiger partial charge in [-0.3, -0.25) is 4.79 Å². The Morgan fingerprint density at radius 3 is 2.90 bits per heavy atom. The first kappa shape index (κ1) is 12.9. The van der Waals surface area contributed by atoms with Gasteiger partial charge in [-0.05, 0) is 36.1 Å². The molecule has 0 spiro atoms. The molecule has 102 valence electrons. The average molecular weight is 284 g/mol. The third-order valence-corrected chi connectivity index (χ3v) is 4.57. The highest BCUT2D eigenvalue weighted by Crippen LogP contribution is 2.36. The van der Waals surface area contributed by atoms with Crippen LogP contribution >= 0.6 is 11.3 Å². The van der Waals surface area contributed by atoms with E-state index in [1.807, 2.05) is 29.2 Å². The van der Waals surface area contributed by atoms with E-state index in [1.54, 1.807) is 17.4 Å². The number of fused-ring (bicyclic) bond motifs is 1. The molecular weight excluding hydrogens is 268 g/mol. The van der Waals surface area contributed by atoms with Crippen LogP contribution in [0.4, 0.5) is 5.69 Å². The molecule has 0 saturated heterocycles. The summed E-state index contributed by atoms with van der Waals surface area (Å²) in [6.07, 6.45) is 1.65. The van der Waals surface area contributed by atoms with Crippen LogP contribution in [-0.2, 0) is 0 Å². The Kier molecular flexibility index (Phi) is 3.32. The Morgan fingerprint density at radius 2 is 2.20 bits per heavy atom. The van der Waals surface area contributed by atoms with Gasteiger partial charge in [0.25, 0.3) is 5.91 Å². The SMILES string of the molecule is C=CCN1C(=O)c2ccccc2N[C@H]1c1sccc1C. The molecule has 1 aliphatic heterocycles. The van der Waals surface area contributed by atoms with Crippen LogP contribution < -0.4 is 5.32 Å². The molecule has 1 atom stereocenters. The van der Waals surface area contributed by atoms with E-state index in [9.17, 15) is 4.79 Å². The Balaban J connectivity index is 2.08. The smallest absolute Gasteiger partial charge is 0.258 e. The Bertz CT molecular complexity index is 662. The highest BCUT2D eigenvalue weighted by Gasteiger charge is 2.33. The first-order valence-electron chi connectivity index (χ1n) is 6.54. The van der Waals surface area contributed by atoms with Gasteiger partial charge in [0.05, 0.1) is 10.4 Å². The van der Waals surface area contributed by atoms with Crippen LogP contribution in [0.2, 0.25) is 0 Å². The van der Waals surface area contributed by atoms with Crippen molar-refractivity contribution >= 4 is 22.9 Å². The van der Waals surface area contributed by atoms with Gasteiger partial charge in [-0.15, -0.1) is 17.9 Å². The van der Waals surface area contributed by atoms with E-state index in [4.69, 9.17) is 0 Å². The lowest BCUT2D eigenvalue weighted by molar-refractivity contribution is 0.0710. The maximum atomic E-state index is 12.7. The molecule has 3 rings (SSSR count). The zero-order valence-corrected chi connectivity index (χ0v) is 12.1. The van der Waals surface area contributed by atoms with Gasteiger partial charge < -0.3 is 10.2 Å². The first-order chi connectivity index (χ1) is 9.72.